The van der Waals surface area contributed by atoms with Crippen molar-refractivity contribution in [3.05, 3.63) is 72.4 Å². The molecule has 0 atom stereocenters. The summed E-state index contributed by atoms with van der Waals surface area (Å²) in [6, 6.07) is 20.8. The molecular weight excluding hydrogens is 300 g/mol. The molecule has 0 aliphatic rings. The first kappa shape index (κ1) is 14.3. The normalized spacial score (nSPS) is 10.9. The van der Waals surface area contributed by atoms with Gasteiger partial charge in [-0.3, -0.25) is 0 Å². The molecule has 2 aromatic carbocycles. The minimum atomic E-state index is 0.214. The van der Waals surface area contributed by atoms with Gasteiger partial charge in [0.15, 0.2) is 11.6 Å². The quantitative estimate of drug-likeness (QED) is 0.558. The minimum absolute atomic E-state index is 0.214. The van der Waals surface area contributed by atoms with Crippen molar-refractivity contribution in [2.24, 2.45) is 0 Å². The van der Waals surface area contributed by atoms with Gasteiger partial charge in [0.25, 0.3) is 0 Å². The number of imidazole rings is 1. The summed E-state index contributed by atoms with van der Waals surface area (Å²) in [6.07, 6.45) is 0. The van der Waals surface area contributed by atoms with Crippen molar-refractivity contribution in [3.63, 3.8) is 0 Å². The smallest absolute Gasteiger partial charge is 0.174 e. The summed E-state index contributed by atoms with van der Waals surface area (Å²) in [4.78, 5) is 7.92. The number of aromatic hydroxyl groups is 1. The Morgan fingerprint density at radius 1 is 0.875 bits per heavy atom. The van der Waals surface area contributed by atoms with Gasteiger partial charge in [-0.05, 0) is 36.8 Å². The fourth-order valence-corrected chi connectivity index (χ4v) is 2.74. The van der Waals surface area contributed by atoms with E-state index in [-0.39, 0.29) is 5.75 Å². The fraction of sp³-hybridized carbons (Fsp3) is 0.0500. The molecule has 0 spiro atoms. The molecule has 4 aromatic rings. The molecule has 0 radical (unpaired) electrons. The third kappa shape index (κ3) is 2.58. The zero-order valence-corrected chi connectivity index (χ0v) is 13.2. The zero-order chi connectivity index (χ0) is 16.5. The van der Waals surface area contributed by atoms with E-state index in [1.165, 1.54) is 0 Å². The molecular formula is C20H16N2O2. The molecule has 2 aromatic heterocycles. The highest BCUT2D eigenvalue weighted by molar-refractivity contribution is 5.67. The number of benzene rings is 2. The number of H-pyrrole nitrogens is 1. The summed E-state index contributed by atoms with van der Waals surface area (Å²) < 4.78 is 5.91. The summed E-state index contributed by atoms with van der Waals surface area (Å²) in [5, 5.41) is 9.60. The van der Waals surface area contributed by atoms with Gasteiger partial charge in [0.05, 0.1) is 11.4 Å². The highest BCUT2D eigenvalue weighted by Crippen LogP contribution is 2.31. The Morgan fingerprint density at radius 3 is 2.42 bits per heavy atom. The largest absolute Gasteiger partial charge is 0.508 e. The van der Waals surface area contributed by atoms with Crippen LogP contribution in [0.25, 0.3) is 34.2 Å². The van der Waals surface area contributed by atoms with Gasteiger partial charge in [-0.2, -0.15) is 0 Å². The first-order valence-electron chi connectivity index (χ1n) is 7.72. The van der Waals surface area contributed by atoms with Crippen LogP contribution in [0.15, 0.2) is 71.1 Å². The van der Waals surface area contributed by atoms with Crippen LogP contribution in [0.4, 0.5) is 0 Å². The van der Waals surface area contributed by atoms with Gasteiger partial charge < -0.3 is 14.5 Å². The number of hydrogen-bond acceptors (Lipinski definition) is 3. The number of aromatic amines is 1. The van der Waals surface area contributed by atoms with E-state index in [4.69, 9.17) is 4.42 Å². The predicted octanol–water partition coefficient (Wildman–Crippen LogP) is 5.02. The van der Waals surface area contributed by atoms with Crippen LogP contribution in [-0.2, 0) is 0 Å². The molecule has 0 unspecified atom stereocenters. The summed E-state index contributed by atoms with van der Waals surface area (Å²) in [6.45, 7) is 1.97. The molecule has 4 nitrogen and oxygen atoms in total. The fourth-order valence-electron chi connectivity index (χ4n) is 2.74. The Kier molecular flexibility index (Phi) is 3.43. The Hall–Kier alpha value is -3.27. The molecule has 118 valence electrons. The standard InChI is InChI=1S/C20H16N2O2/c1-13-19(14-6-3-2-4-7-14)22-20(21-13)18-11-10-17(24-18)15-8-5-9-16(23)12-15/h2-12,23H,1H3,(H,21,22). The number of nitrogens with zero attached hydrogens (tertiary/aromatic N) is 1. The topological polar surface area (TPSA) is 62.1 Å². The molecule has 0 aliphatic heterocycles. The van der Waals surface area contributed by atoms with Crippen LogP contribution in [-0.4, -0.2) is 15.1 Å². The van der Waals surface area contributed by atoms with Gasteiger partial charge in [-0.25, -0.2) is 4.98 Å². The minimum Gasteiger partial charge on any atom is -0.508 e. The van der Waals surface area contributed by atoms with Crippen molar-refractivity contribution >= 4 is 0 Å². The number of phenolic OH excluding ortho intramolecular Hbond substituents is 1. The van der Waals surface area contributed by atoms with Crippen molar-refractivity contribution in [1.29, 1.82) is 0 Å². The summed E-state index contributed by atoms with van der Waals surface area (Å²) >= 11 is 0. The number of phenols is 1. The predicted molar refractivity (Wildman–Crippen MR) is 93.6 cm³/mol. The van der Waals surface area contributed by atoms with Crippen LogP contribution in [0, 0.1) is 6.92 Å². The molecule has 2 heterocycles. The number of nitrogens with one attached hydrogen (secondary N) is 1. The first-order chi connectivity index (χ1) is 11.7. The highest BCUT2D eigenvalue weighted by Gasteiger charge is 2.14. The number of rotatable bonds is 3. The molecule has 4 rings (SSSR count). The molecule has 2 N–H and O–H groups in total. The Bertz CT molecular complexity index is 984. The third-order valence-corrected chi connectivity index (χ3v) is 3.92. The molecule has 4 heteroatoms. The molecule has 0 aliphatic carbocycles. The zero-order valence-electron chi connectivity index (χ0n) is 13.2. The van der Waals surface area contributed by atoms with Crippen molar-refractivity contribution in [2.75, 3.05) is 0 Å². The van der Waals surface area contributed by atoms with E-state index in [1.54, 1.807) is 18.2 Å². The summed E-state index contributed by atoms with van der Waals surface area (Å²) in [5.74, 6) is 2.26. The third-order valence-electron chi connectivity index (χ3n) is 3.92. The lowest BCUT2D eigenvalue weighted by molar-refractivity contribution is 0.475. The van der Waals surface area contributed by atoms with Gasteiger partial charge in [0.1, 0.15) is 11.5 Å². The lowest BCUT2D eigenvalue weighted by atomic mass is 10.1. The van der Waals surface area contributed by atoms with E-state index >= 15 is 0 Å². The number of aryl methyl sites for hydroxylation is 1. The second-order valence-electron chi connectivity index (χ2n) is 5.63. The van der Waals surface area contributed by atoms with E-state index in [1.807, 2.05) is 55.5 Å². The maximum absolute atomic E-state index is 9.60. The molecule has 0 saturated heterocycles. The van der Waals surface area contributed by atoms with E-state index < -0.39 is 0 Å². The van der Waals surface area contributed by atoms with Crippen LogP contribution in [0.5, 0.6) is 5.75 Å². The lowest BCUT2D eigenvalue weighted by Crippen LogP contribution is -1.79. The van der Waals surface area contributed by atoms with Gasteiger partial charge in [-0.1, -0.05) is 42.5 Å². The number of hydrogen-bond donors (Lipinski definition) is 2. The van der Waals surface area contributed by atoms with Crippen molar-refractivity contribution in [1.82, 2.24) is 9.97 Å². The highest BCUT2D eigenvalue weighted by atomic mass is 16.3. The second-order valence-corrected chi connectivity index (χ2v) is 5.63. The van der Waals surface area contributed by atoms with Gasteiger partial charge >= 0.3 is 0 Å². The SMILES string of the molecule is Cc1nc(-c2ccc(-c3cccc(O)c3)o2)[nH]c1-c1ccccc1. The summed E-state index contributed by atoms with van der Waals surface area (Å²) in [5.41, 5.74) is 3.83. The molecule has 0 amide bonds. The average molecular weight is 316 g/mol. The lowest BCUT2D eigenvalue weighted by Gasteiger charge is -1.98. The first-order valence-corrected chi connectivity index (χ1v) is 7.72. The maximum atomic E-state index is 9.60. The monoisotopic (exact) mass is 316 g/mol. The van der Waals surface area contributed by atoms with Crippen molar-refractivity contribution in [3.8, 4) is 39.9 Å². The molecule has 24 heavy (non-hydrogen) atoms. The van der Waals surface area contributed by atoms with Crippen molar-refractivity contribution in [2.45, 2.75) is 6.92 Å². The average Bonchev–Trinajstić information content (AvgIpc) is 3.22. The van der Waals surface area contributed by atoms with Gasteiger partial charge in [-0.15, -0.1) is 0 Å². The van der Waals surface area contributed by atoms with Crippen molar-refractivity contribution < 1.29 is 9.52 Å². The molecule has 0 saturated carbocycles. The maximum Gasteiger partial charge on any atom is 0.174 e. The van der Waals surface area contributed by atoms with Crippen LogP contribution in [0.1, 0.15) is 5.69 Å². The Balaban J connectivity index is 1.71. The van der Waals surface area contributed by atoms with E-state index in [9.17, 15) is 5.11 Å². The Morgan fingerprint density at radius 2 is 1.62 bits per heavy atom. The van der Waals surface area contributed by atoms with Crippen LogP contribution < -0.4 is 0 Å². The van der Waals surface area contributed by atoms with Crippen LogP contribution in [0.3, 0.4) is 0 Å². The van der Waals surface area contributed by atoms with Crippen LogP contribution >= 0.6 is 0 Å². The Labute approximate surface area is 139 Å². The van der Waals surface area contributed by atoms with E-state index in [0.717, 1.165) is 22.5 Å². The van der Waals surface area contributed by atoms with E-state index in [2.05, 4.69) is 9.97 Å². The number of aromatic nitrogens is 2. The second kappa shape index (κ2) is 5.74. The summed E-state index contributed by atoms with van der Waals surface area (Å²) in [7, 11) is 0. The van der Waals surface area contributed by atoms with Gasteiger partial charge in [0, 0.05) is 5.56 Å². The van der Waals surface area contributed by atoms with E-state index in [0.29, 0.717) is 17.3 Å². The number of furan rings is 1. The van der Waals surface area contributed by atoms with Gasteiger partial charge in [0.2, 0.25) is 0 Å². The molecule has 0 fully saturated rings. The van der Waals surface area contributed by atoms with Crippen LogP contribution in [0.2, 0.25) is 0 Å². The molecule has 0 bridgehead atoms.